The Morgan fingerprint density at radius 1 is 1.20 bits per heavy atom. The third-order valence-electron chi connectivity index (χ3n) is 4.90. The lowest BCUT2D eigenvalue weighted by molar-refractivity contribution is -0.0235. The van der Waals surface area contributed by atoms with Crippen LogP contribution in [-0.4, -0.2) is 49.0 Å². The maximum absolute atomic E-state index is 6.26. The number of hydrogen-bond donors (Lipinski definition) is 1. The number of hydrogen-bond acceptors (Lipinski definition) is 4. The van der Waals surface area contributed by atoms with Crippen molar-refractivity contribution in [2.75, 3.05) is 26.0 Å². The molecule has 1 N–H and O–H groups in total. The molecular weight excluding hydrogens is 268 g/mol. The van der Waals surface area contributed by atoms with Gasteiger partial charge in [-0.1, -0.05) is 25.8 Å². The molecule has 2 unspecified atom stereocenters. The van der Waals surface area contributed by atoms with Gasteiger partial charge in [0, 0.05) is 17.8 Å². The van der Waals surface area contributed by atoms with Gasteiger partial charge in [-0.05, 0) is 58.0 Å². The highest BCUT2D eigenvalue weighted by Gasteiger charge is 2.30. The topological polar surface area (TPSA) is 24.5 Å². The van der Waals surface area contributed by atoms with E-state index in [4.69, 9.17) is 4.74 Å². The second-order valence-electron chi connectivity index (χ2n) is 6.56. The lowest BCUT2D eigenvalue weighted by Gasteiger charge is -2.40. The first-order valence-electron chi connectivity index (χ1n) is 8.39. The van der Waals surface area contributed by atoms with Crippen molar-refractivity contribution in [1.29, 1.82) is 0 Å². The van der Waals surface area contributed by atoms with Crippen LogP contribution >= 0.6 is 11.9 Å². The van der Waals surface area contributed by atoms with E-state index in [0.717, 1.165) is 18.3 Å². The number of ether oxygens (including phenoxy) is 1. The van der Waals surface area contributed by atoms with E-state index < -0.39 is 0 Å². The number of nitrogens with one attached hydrogen (secondary N) is 1. The Morgan fingerprint density at radius 3 is 2.65 bits per heavy atom. The number of rotatable bonds is 6. The summed E-state index contributed by atoms with van der Waals surface area (Å²) in [5, 5.41) is 0. The summed E-state index contributed by atoms with van der Waals surface area (Å²) in [4.78, 5) is 2.49. The summed E-state index contributed by atoms with van der Waals surface area (Å²) in [7, 11) is 2.25. The quantitative estimate of drug-likeness (QED) is 0.761. The summed E-state index contributed by atoms with van der Waals surface area (Å²) in [6, 6.07) is 1.13. The SMILES string of the molecule is CCSNC1CCCN(C)C1COC1CCC(C)CC1. The van der Waals surface area contributed by atoms with Crippen LogP contribution in [0, 0.1) is 5.92 Å². The van der Waals surface area contributed by atoms with Crippen LogP contribution in [0.1, 0.15) is 52.4 Å². The average Bonchev–Trinajstić information content (AvgIpc) is 2.46. The number of likely N-dealkylation sites (N-methyl/N-ethyl adjacent to an activating group) is 1. The van der Waals surface area contributed by atoms with Crippen LogP contribution in [0.15, 0.2) is 0 Å². The van der Waals surface area contributed by atoms with E-state index in [9.17, 15) is 0 Å². The standard InChI is InChI=1S/C16H32N2OS/c1-4-20-17-15-6-5-11-18(3)16(15)12-19-14-9-7-13(2)8-10-14/h13-17H,4-12H2,1-3H3. The molecule has 0 aromatic heterocycles. The van der Waals surface area contributed by atoms with Gasteiger partial charge >= 0.3 is 0 Å². The Balaban J connectivity index is 1.77. The molecule has 2 aliphatic rings. The molecule has 1 aliphatic carbocycles. The van der Waals surface area contributed by atoms with Gasteiger partial charge in [-0.15, -0.1) is 0 Å². The molecule has 3 nitrogen and oxygen atoms in total. The summed E-state index contributed by atoms with van der Waals surface area (Å²) in [6.45, 7) is 6.69. The smallest absolute Gasteiger partial charge is 0.0640 e. The molecule has 0 aromatic carbocycles. The molecule has 0 spiro atoms. The second kappa shape index (κ2) is 8.62. The van der Waals surface area contributed by atoms with Crippen LogP contribution in [0.25, 0.3) is 0 Å². The van der Waals surface area contributed by atoms with Crippen molar-refractivity contribution in [3.05, 3.63) is 0 Å². The maximum atomic E-state index is 6.26. The van der Waals surface area contributed by atoms with Crippen molar-refractivity contribution in [2.24, 2.45) is 5.92 Å². The van der Waals surface area contributed by atoms with Gasteiger partial charge < -0.3 is 4.74 Å². The van der Waals surface area contributed by atoms with Gasteiger partial charge in [0.15, 0.2) is 0 Å². The Bertz CT molecular complexity index is 269. The molecule has 4 heteroatoms. The molecule has 0 aromatic rings. The van der Waals surface area contributed by atoms with Crippen LogP contribution in [0.5, 0.6) is 0 Å². The second-order valence-corrected chi connectivity index (χ2v) is 7.66. The van der Waals surface area contributed by atoms with Crippen molar-refractivity contribution >= 4 is 11.9 Å². The van der Waals surface area contributed by atoms with Gasteiger partial charge in [-0.2, -0.15) is 0 Å². The van der Waals surface area contributed by atoms with Crippen LogP contribution in [0.4, 0.5) is 0 Å². The van der Waals surface area contributed by atoms with Gasteiger partial charge in [0.25, 0.3) is 0 Å². The fourth-order valence-electron chi connectivity index (χ4n) is 3.43. The third-order valence-corrected chi connectivity index (χ3v) is 5.66. The fourth-order valence-corrected chi connectivity index (χ4v) is 4.08. The minimum Gasteiger partial charge on any atom is -0.377 e. The number of nitrogens with zero attached hydrogens (tertiary/aromatic N) is 1. The van der Waals surface area contributed by atoms with Gasteiger partial charge in [-0.3, -0.25) is 9.62 Å². The van der Waals surface area contributed by atoms with Gasteiger partial charge in [0.2, 0.25) is 0 Å². The molecule has 2 fully saturated rings. The van der Waals surface area contributed by atoms with E-state index in [1.54, 1.807) is 0 Å². The van der Waals surface area contributed by atoms with Gasteiger partial charge in [0.05, 0.1) is 12.7 Å². The van der Waals surface area contributed by atoms with Crippen molar-refractivity contribution in [3.63, 3.8) is 0 Å². The van der Waals surface area contributed by atoms with Crippen LogP contribution in [0.2, 0.25) is 0 Å². The fraction of sp³-hybridized carbons (Fsp3) is 1.00. The largest absolute Gasteiger partial charge is 0.377 e. The Labute approximate surface area is 129 Å². The zero-order valence-electron chi connectivity index (χ0n) is 13.4. The van der Waals surface area contributed by atoms with Crippen LogP contribution in [0.3, 0.4) is 0 Å². The van der Waals surface area contributed by atoms with Crippen molar-refractivity contribution in [2.45, 2.75) is 70.6 Å². The van der Waals surface area contributed by atoms with Crippen molar-refractivity contribution in [1.82, 2.24) is 9.62 Å². The molecule has 1 heterocycles. The zero-order chi connectivity index (χ0) is 14.4. The van der Waals surface area contributed by atoms with E-state index in [-0.39, 0.29) is 0 Å². The predicted molar refractivity (Wildman–Crippen MR) is 88.1 cm³/mol. The van der Waals surface area contributed by atoms with E-state index in [1.807, 2.05) is 11.9 Å². The monoisotopic (exact) mass is 300 g/mol. The molecule has 0 amide bonds. The van der Waals surface area contributed by atoms with Crippen molar-refractivity contribution in [3.8, 4) is 0 Å². The molecule has 2 rings (SSSR count). The van der Waals surface area contributed by atoms with E-state index in [2.05, 4.69) is 30.5 Å². The molecule has 0 bridgehead atoms. The molecule has 1 saturated carbocycles. The number of piperidine rings is 1. The predicted octanol–water partition coefficient (Wildman–Crippen LogP) is 3.30. The molecule has 118 valence electrons. The van der Waals surface area contributed by atoms with Gasteiger partial charge in [0.1, 0.15) is 0 Å². The molecular formula is C16H32N2OS. The normalized spacial score (nSPS) is 36.1. The highest BCUT2D eigenvalue weighted by Crippen LogP contribution is 2.26. The molecule has 1 aliphatic heterocycles. The first-order chi connectivity index (χ1) is 9.70. The number of likely N-dealkylation sites (tertiary alicyclic amines) is 1. The third kappa shape index (κ3) is 4.90. The van der Waals surface area contributed by atoms with Gasteiger partial charge in [-0.25, -0.2) is 0 Å². The minimum atomic E-state index is 0.515. The minimum absolute atomic E-state index is 0.515. The summed E-state index contributed by atoms with van der Waals surface area (Å²) in [5.74, 6) is 2.04. The summed E-state index contributed by atoms with van der Waals surface area (Å²) >= 11 is 1.85. The summed E-state index contributed by atoms with van der Waals surface area (Å²) in [5.41, 5.74) is 0. The van der Waals surface area contributed by atoms with E-state index in [1.165, 1.54) is 45.1 Å². The molecule has 0 radical (unpaired) electrons. The average molecular weight is 301 g/mol. The highest BCUT2D eigenvalue weighted by atomic mass is 32.2. The molecule has 20 heavy (non-hydrogen) atoms. The summed E-state index contributed by atoms with van der Waals surface area (Å²) in [6.07, 6.45) is 8.32. The van der Waals surface area contributed by atoms with E-state index in [0.29, 0.717) is 18.2 Å². The maximum Gasteiger partial charge on any atom is 0.0640 e. The zero-order valence-corrected chi connectivity index (χ0v) is 14.3. The van der Waals surface area contributed by atoms with Crippen molar-refractivity contribution < 1.29 is 4.74 Å². The Hall–Kier alpha value is 0.230. The van der Waals surface area contributed by atoms with Crippen LogP contribution < -0.4 is 4.72 Å². The van der Waals surface area contributed by atoms with Crippen LogP contribution in [-0.2, 0) is 4.74 Å². The van der Waals surface area contributed by atoms with E-state index >= 15 is 0 Å². The summed E-state index contributed by atoms with van der Waals surface area (Å²) < 4.78 is 9.90. The first-order valence-corrected chi connectivity index (χ1v) is 9.38. The molecule has 1 saturated heterocycles. The first kappa shape index (κ1) is 16.6. The Morgan fingerprint density at radius 2 is 1.95 bits per heavy atom. The lowest BCUT2D eigenvalue weighted by Crippen LogP contribution is -2.53. The lowest BCUT2D eigenvalue weighted by atomic mass is 9.89. The highest BCUT2D eigenvalue weighted by molar-refractivity contribution is 7.97. The Kier molecular flexibility index (Phi) is 7.15. The molecule has 2 atom stereocenters.